The number of hydrogen-bond acceptors (Lipinski definition) is 2. The van der Waals surface area contributed by atoms with E-state index in [-0.39, 0.29) is 5.75 Å². The zero-order valence-corrected chi connectivity index (χ0v) is 9.08. The van der Waals surface area contributed by atoms with E-state index in [2.05, 4.69) is 0 Å². The van der Waals surface area contributed by atoms with Crippen molar-refractivity contribution in [2.24, 2.45) is 0 Å². The molecule has 0 unspecified atom stereocenters. The van der Waals surface area contributed by atoms with E-state index in [4.69, 9.17) is 16.3 Å². The number of phenols is 1. The number of benzene rings is 2. The molecular formula is C12H11ClO2. The molecule has 0 aliphatic rings. The molecule has 0 aliphatic heterocycles. The third kappa shape index (κ3) is 1.73. The molecule has 0 aliphatic carbocycles. The van der Waals surface area contributed by atoms with Gasteiger partial charge in [0.05, 0.1) is 11.6 Å². The van der Waals surface area contributed by atoms with Gasteiger partial charge in [0.1, 0.15) is 11.5 Å². The summed E-state index contributed by atoms with van der Waals surface area (Å²) in [5, 5.41) is 11.7. The van der Waals surface area contributed by atoms with Gasteiger partial charge in [0, 0.05) is 16.8 Å². The van der Waals surface area contributed by atoms with E-state index >= 15 is 0 Å². The van der Waals surface area contributed by atoms with Crippen LogP contribution in [0.25, 0.3) is 10.8 Å². The zero-order valence-electron chi connectivity index (χ0n) is 8.33. The van der Waals surface area contributed by atoms with Gasteiger partial charge in [0.15, 0.2) is 0 Å². The minimum Gasteiger partial charge on any atom is -0.506 e. The Morgan fingerprint density at radius 1 is 1.27 bits per heavy atom. The molecule has 0 aromatic heterocycles. The maximum absolute atomic E-state index is 9.76. The van der Waals surface area contributed by atoms with Gasteiger partial charge in [0.2, 0.25) is 0 Å². The molecule has 3 heteroatoms. The molecule has 0 atom stereocenters. The van der Waals surface area contributed by atoms with Crippen LogP contribution in [0.1, 0.15) is 6.92 Å². The monoisotopic (exact) mass is 222 g/mol. The van der Waals surface area contributed by atoms with Crippen molar-refractivity contribution in [1.29, 1.82) is 0 Å². The fraction of sp³-hybridized carbons (Fsp3) is 0.167. The summed E-state index contributed by atoms with van der Waals surface area (Å²) in [6.45, 7) is 2.49. The summed E-state index contributed by atoms with van der Waals surface area (Å²) in [6.07, 6.45) is 0. The van der Waals surface area contributed by atoms with Crippen molar-refractivity contribution in [2.45, 2.75) is 6.92 Å². The quantitative estimate of drug-likeness (QED) is 0.842. The Morgan fingerprint density at radius 3 is 2.60 bits per heavy atom. The average Bonchev–Trinajstić information content (AvgIpc) is 2.26. The molecule has 0 heterocycles. The van der Waals surface area contributed by atoms with Crippen LogP contribution in [0.15, 0.2) is 30.3 Å². The van der Waals surface area contributed by atoms with Crippen LogP contribution in [0.4, 0.5) is 0 Å². The van der Waals surface area contributed by atoms with Crippen LogP contribution in [0.2, 0.25) is 5.02 Å². The molecule has 0 fully saturated rings. The predicted molar refractivity (Wildman–Crippen MR) is 61.8 cm³/mol. The molecule has 2 rings (SSSR count). The molecule has 0 amide bonds. The summed E-state index contributed by atoms with van der Waals surface area (Å²) in [7, 11) is 0. The fourth-order valence-corrected chi connectivity index (χ4v) is 1.77. The number of fused-ring (bicyclic) bond motifs is 1. The first kappa shape index (κ1) is 10.1. The molecule has 0 saturated carbocycles. The zero-order chi connectivity index (χ0) is 10.8. The molecule has 2 nitrogen and oxygen atoms in total. The van der Waals surface area contributed by atoms with Gasteiger partial charge in [-0.3, -0.25) is 0 Å². The predicted octanol–water partition coefficient (Wildman–Crippen LogP) is 3.60. The van der Waals surface area contributed by atoms with E-state index in [0.717, 1.165) is 5.39 Å². The Morgan fingerprint density at radius 2 is 1.93 bits per heavy atom. The summed E-state index contributed by atoms with van der Waals surface area (Å²) in [5.74, 6) is 0.812. The van der Waals surface area contributed by atoms with E-state index in [0.29, 0.717) is 22.8 Å². The SMILES string of the molecule is CCOc1cc(Cl)c(O)c2ccccc12. The van der Waals surface area contributed by atoms with Crippen LogP contribution >= 0.6 is 11.6 Å². The molecule has 0 saturated heterocycles. The van der Waals surface area contributed by atoms with Gasteiger partial charge in [-0.25, -0.2) is 0 Å². The number of ether oxygens (including phenoxy) is 1. The van der Waals surface area contributed by atoms with Gasteiger partial charge in [0.25, 0.3) is 0 Å². The average molecular weight is 223 g/mol. The maximum atomic E-state index is 9.76. The summed E-state index contributed by atoms with van der Waals surface area (Å²) in [4.78, 5) is 0. The highest BCUT2D eigenvalue weighted by molar-refractivity contribution is 6.33. The minimum absolute atomic E-state index is 0.107. The smallest absolute Gasteiger partial charge is 0.142 e. The summed E-state index contributed by atoms with van der Waals surface area (Å²) in [5.41, 5.74) is 0. The molecule has 2 aromatic rings. The number of halogens is 1. The lowest BCUT2D eigenvalue weighted by molar-refractivity contribution is 0.344. The normalized spacial score (nSPS) is 10.5. The Balaban J connectivity index is 2.76. The second-order valence-electron chi connectivity index (χ2n) is 3.18. The van der Waals surface area contributed by atoms with Gasteiger partial charge in [-0.1, -0.05) is 35.9 Å². The second-order valence-corrected chi connectivity index (χ2v) is 3.59. The topological polar surface area (TPSA) is 29.5 Å². The van der Waals surface area contributed by atoms with Crippen LogP contribution in [0.5, 0.6) is 11.5 Å². The van der Waals surface area contributed by atoms with E-state index < -0.39 is 0 Å². The lowest BCUT2D eigenvalue weighted by atomic mass is 10.1. The highest BCUT2D eigenvalue weighted by Gasteiger charge is 2.09. The van der Waals surface area contributed by atoms with Crippen molar-refractivity contribution in [3.63, 3.8) is 0 Å². The number of hydrogen-bond donors (Lipinski definition) is 1. The van der Waals surface area contributed by atoms with E-state index in [1.54, 1.807) is 6.07 Å². The van der Waals surface area contributed by atoms with Crippen molar-refractivity contribution in [3.8, 4) is 11.5 Å². The summed E-state index contributed by atoms with van der Waals surface area (Å²) >= 11 is 5.90. The van der Waals surface area contributed by atoms with Crippen LogP contribution in [-0.4, -0.2) is 11.7 Å². The van der Waals surface area contributed by atoms with Gasteiger partial charge < -0.3 is 9.84 Å². The van der Waals surface area contributed by atoms with Crippen LogP contribution in [0.3, 0.4) is 0 Å². The van der Waals surface area contributed by atoms with Crippen LogP contribution in [-0.2, 0) is 0 Å². The first-order valence-electron chi connectivity index (χ1n) is 4.77. The van der Waals surface area contributed by atoms with Crippen molar-refractivity contribution < 1.29 is 9.84 Å². The minimum atomic E-state index is 0.107. The summed E-state index contributed by atoms with van der Waals surface area (Å²) < 4.78 is 5.46. The van der Waals surface area contributed by atoms with Crippen molar-refractivity contribution in [3.05, 3.63) is 35.4 Å². The van der Waals surface area contributed by atoms with Crippen molar-refractivity contribution in [1.82, 2.24) is 0 Å². The molecular weight excluding hydrogens is 212 g/mol. The Kier molecular flexibility index (Phi) is 2.69. The standard InChI is InChI=1S/C12H11ClO2/c1-2-15-11-7-10(13)12(14)9-6-4-3-5-8(9)11/h3-7,14H,2H2,1H3. The van der Waals surface area contributed by atoms with Crippen molar-refractivity contribution >= 4 is 22.4 Å². The highest BCUT2D eigenvalue weighted by Crippen LogP contribution is 2.38. The molecule has 1 N–H and O–H groups in total. The number of phenolic OH excluding ortho intramolecular Hbond substituents is 1. The molecule has 15 heavy (non-hydrogen) atoms. The maximum Gasteiger partial charge on any atom is 0.142 e. The molecule has 0 spiro atoms. The fourth-order valence-electron chi connectivity index (χ4n) is 1.57. The largest absolute Gasteiger partial charge is 0.506 e. The van der Waals surface area contributed by atoms with E-state index in [9.17, 15) is 5.11 Å². The third-order valence-corrected chi connectivity index (χ3v) is 2.52. The molecule has 78 valence electrons. The number of rotatable bonds is 2. The summed E-state index contributed by atoms with van der Waals surface area (Å²) in [6, 6.07) is 9.12. The third-order valence-electron chi connectivity index (χ3n) is 2.23. The lowest BCUT2D eigenvalue weighted by Gasteiger charge is -2.09. The van der Waals surface area contributed by atoms with Crippen LogP contribution < -0.4 is 4.74 Å². The first-order chi connectivity index (χ1) is 7.24. The van der Waals surface area contributed by atoms with E-state index in [1.807, 2.05) is 31.2 Å². The molecule has 0 bridgehead atoms. The van der Waals surface area contributed by atoms with E-state index in [1.165, 1.54) is 0 Å². The molecule has 0 radical (unpaired) electrons. The van der Waals surface area contributed by atoms with Gasteiger partial charge >= 0.3 is 0 Å². The lowest BCUT2D eigenvalue weighted by Crippen LogP contribution is -1.92. The first-order valence-corrected chi connectivity index (χ1v) is 5.15. The second kappa shape index (κ2) is 3.99. The van der Waals surface area contributed by atoms with Gasteiger partial charge in [-0.15, -0.1) is 0 Å². The number of aromatic hydroxyl groups is 1. The Hall–Kier alpha value is -1.41. The van der Waals surface area contributed by atoms with Gasteiger partial charge in [-0.2, -0.15) is 0 Å². The Bertz CT molecular complexity index is 494. The van der Waals surface area contributed by atoms with Crippen LogP contribution in [0, 0.1) is 0 Å². The van der Waals surface area contributed by atoms with Crippen molar-refractivity contribution in [2.75, 3.05) is 6.61 Å². The molecule has 2 aromatic carbocycles. The van der Waals surface area contributed by atoms with Gasteiger partial charge in [-0.05, 0) is 6.92 Å². The highest BCUT2D eigenvalue weighted by atomic mass is 35.5. The Labute approximate surface area is 93.1 Å².